The monoisotopic (exact) mass is 562 g/mol. The highest BCUT2D eigenvalue weighted by Gasteiger charge is 2.67. The molecule has 0 saturated heterocycles. The highest BCUT2D eigenvalue weighted by molar-refractivity contribution is 7.86. The Balaban J connectivity index is 1.66. The van der Waals surface area contributed by atoms with E-state index < -0.39 is 34.2 Å². The molecule has 1 aromatic carbocycles. The fourth-order valence-electron chi connectivity index (χ4n) is 8.08. The van der Waals surface area contributed by atoms with Crippen LogP contribution in [0.3, 0.4) is 0 Å². The lowest BCUT2D eigenvalue weighted by Crippen LogP contribution is -2.61. The molecule has 0 radical (unpaired) electrons. The van der Waals surface area contributed by atoms with E-state index in [-0.39, 0.29) is 51.8 Å². The second-order valence-corrected chi connectivity index (χ2v) is 14.2. The second-order valence-electron chi connectivity index (χ2n) is 12.6. The van der Waals surface area contributed by atoms with E-state index in [1.165, 1.54) is 12.1 Å². The molecule has 8 nitrogen and oxygen atoms in total. The fourth-order valence-corrected chi connectivity index (χ4v) is 8.94. The topological polar surface area (TPSA) is 113 Å². The number of benzene rings is 1. The van der Waals surface area contributed by atoms with Gasteiger partial charge in [0, 0.05) is 19.4 Å². The van der Waals surface area contributed by atoms with Gasteiger partial charge in [0.1, 0.15) is 18.2 Å². The summed E-state index contributed by atoms with van der Waals surface area (Å²) in [7, 11) is -2.46. The number of aldehydes is 1. The SMILES string of the molecule is CO[C@@H]1CC[C@@]23CC[C@@H](C)[C@@](C)(C[C@H](OC(=O)COS(=O)(=O)c4ccc(C)cc4)[C@](C)(CC=O)C(=O)[C@@H]2C)[C@H]13. The lowest BCUT2D eigenvalue weighted by Gasteiger charge is -2.61. The molecule has 39 heavy (non-hydrogen) atoms. The molecule has 0 amide bonds. The van der Waals surface area contributed by atoms with Gasteiger partial charge in [-0.2, -0.15) is 8.42 Å². The number of methoxy groups -OCH3 is 1. The van der Waals surface area contributed by atoms with Gasteiger partial charge in [0.2, 0.25) is 0 Å². The summed E-state index contributed by atoms with van der Waals surface area (Å²) in [5.74, 6) is -0.954. The number of ether oxygens (including phenoxy) is 2. The van der Waals surface area contributed by atoms with Crippen LogP contribution in [0.5, 0.6) is 0 Å². The molecule has 2 bridgehead atoms. The van der Waals surface area contributed by atoms with Crippen molar-refractivity contribution >= 4 is 28.2 Å². The number of aryl methyl sites for hydroxylation is 1. The Hall–Kier alpha value is -2.10. The minimum Gasteiger partial charge on any atom is -0.460 e. The van der Waals surface area contributed by atoms with Gasteiger partial charge in [-0.3, -0.25) is 8.98 Å². The van der Waals surface area contributed by atoms with Crippen molar-refractivity contribution < 1.29 is 36.5 Å². The summed E-state index contributed by atoms with van der Waals surface area (Å²) in [6, 6.07) is 6.11. The van der Waals surface area contributed by atoms with Crippen LogP contribution in [0.1, 0.15) is 71.8 Å². The predicted molar refractivity (Wildman–Crippen MR) is 144 cm³/mol. The molecule has 216 valence electrons. The number of carbonyl (C=O) groups excluding carboxylic acids is 3. The Morgan fingerprint density at radius 3 is 2.36 bits per heavy atom. The molecule has 8 atom stereocenters. The predicted octanol–water partition coefficient (Wildman–Crippen LogP) is 4.66. The molecule has 3 saturated carbocycles. The van der Waals surface area contributed by atoms with Crippen LogP contribution in [0.2, 0.25) is 0 Å². The third kappa shape index (κ3) is 4.99. The van der Waals surface area contributed by atoms with Gasteiger partial charge in [0.25, 0.3) is 10.1 Å². The largest absolute Gasteiger partial charge is 0.460 e. The van der Waals surface area contributed by atoms with Gasteiger partial charge >= 0.3 is 5.97 Å². The van der Waals surface area contributed by atoms with E-state index in [9.17, 15) is 22.8 Å². The minimum absolute atomic E-state index is 0.0113. The maximum absolute atomic E-state index is 14.2. The van der Waals surface area contributed by atoms with Crippen LogP contribution in [-0.2, 0) is 38.2 Å². The number of rotatable bonds is 8. The second kappa shape index (κ2) is 10.7. The summed E-state index contributed by atoms with van der Waals surface area (Å²) in [5.41, 5.74) is -0.912. The average Bonchev–Trinajstić information content (AvgIpc) is 3.29. The van der Waals surface area contributed by atoms with Crippen LogP contribution >= 0.6 is 0 Å². The summed E-state index contributed by atoms with van der Waals surface area (Å²) in [6.45, 7) is 9.10. The van der Waals surface area contributed by atoms with Crippen LogP contribution in [0.25, 0.3) is 0 Å². The third-order valence-corrected chi connectivity index (χ3v) is 11.9. The quantitative estimate of drug-likeness (QED) is 0.255. The smallest absolute Gasteiger partial charge is 0.333 e. The lowest BCUT2D eigenvalue weighted by atomic mass is 9.44. The summed E-state index contributed by atoms with van der Waals surface area (Å²) < 4.78 is 42.3. The molecule has 1 aromatic rings. The lowest BCUT2D eigenvalue weighted by molar-refractivity contribution is -0.191. The highest BCUT2D eigenvalue weighted by Crippen LogP contribution is 2.68. The van der Waals surface area contributed by atoms with E-state index in [0.29, 0.717) is 12.7 Å². The standard InChI is InChI=1S/C30H42O8S/c1-19-7-9-22(10-8-19)39(34,35)37-18-25(32)38-24-17-29(5)20(2)11-13-30(14-12-23(36-6)26(29)30)21(3)27(33)28(24,4)15-16-31/h7-10,16,20-21,23-24,26H,11-15,17-18H2,1-6H3/t20-,21+,23-,24+,26+,28+,29-,30+/m1/s1. The van der Waals surface area contributed by atoms with Crippen molar-refractivity contribution in [1.29, 1.82) is 0 Å². The van der Waals surface area contributed by atoms with Crippen LogP contribution in [0.15, 0.2) is 29.2 Å². The highest BCUT2D eigenvalue weighted by atomic mass is 32.2. The first-order chi connectivity index (χ1) is 18.2. The molecule has 4 rings (SSSR count). The van der Waals surface area contributed by atoms with Crippen molar-refractivity contribution in [2.45, 2.75) is 90.2 Å². The maximum atomic E-state index is 14.2. The normalized spacial score (nSPS) is 38.4. The van der Waals surface area contributed by atoms with Crippen LogP contribution in [-0.4, -0.2) is 52.4 Å². The molecule has 0 aromatic heterocycles. The number of hydrogen-bond donors (Lipinski definition) is 0. The van der Waals surface area contributed by atoms with Gasteiger partial charge in [0.15, 0.2) is 6.61 Å². The third-order valence-electron chi connectivity index (χ3n) is 10.6. The molecule has 3 aliphatic rings. The first-order valence-corrected chi connectivity index (χ1v) is 15.3. The van der Waals surface area contributed by atoms with Crippen molar-refractivity contribution in [1.82, 2.24) is 0 Å². The van der Waals surface area contributed by atoms with E-state index in [1.807, 2.05) is 13.8 Å². The Kier molecular flexibility index (Phi) is 8.20. The van der Waals surface area contributed by atoms with Crippen LogP contribution in [0, 0.1) is 40.9 Å². The number of ketones is 1. The Labute approximate surface area is 232 Å². The zero-order chi connectivity index (χ0) is 28.8. The number of esters is 1. The number of hydrogen-bond acceptors (Lipinski definition) is 8. The van der Waals surface area contributed by atoms with Gasteiger partial charge in [-0.05, 0) is 80.8 Å². The molecule has 0 heterocycles. The van der Waals surface area contributed by atoms with E-state index in [4.69, 9.17) is 13.7 Å². The van der Waals surface area contributed by atoms with E-state index >= 15 is 0 Å². The van der Waals surface area contributed by atoms with Gasteiger partial charge in [-0.1, -0.05) is 38.5 Å². The summed E-state index contributed by atoms with van der Waals surface area (Å²) in [4.78, 5) is 39.2. The van der Waals surface area contributed by atoms with Crippen LogP contribution in [0.4, 0.5) is 0 Å². The Bertz CT molecular complexity index is 1210. The van der Waals surface area contributed by atoms with Crippen molar-refractivity contribution in [2.24, 2.45) is 34.0 Å². The Morgan fingerprint density at radius 2 is 1.74 bits per heavy atom. The first-order valence-electron chi connectivity index (χ1n) is 13.9. The maximum Gasteiger partial charge on any atom is 0.333 e. The molecule has 0 N–H and O–H groups in total. The van der Waals surface area contributed by atoms with Crippen molar-refractivity contribution in [3.8, 4) is 0 Å². The molecule has 0 aliphatic heterocycles. The summed E-state index contributed by atoms with van der Waals surface area (Å²) in [5, 5.41) is 0. The van der Waals surface area contributed by atoms with E-state index in [0.717, 1.165) is 31.2 Å². The van der Waals surface area contributed by atoms with Crippen molar-refractivity contribution in [3.05, 3.63) is 29.8 Å². The minimum atomic E-state index is -4.18. The average molecular weight is 563 g/mol. The molecule has 0 unspecified atom stereocenters. The number of carbonyl (C=O) groups is 3. The molecule has 3 aliphatic carbocycles. The fraction of sp³-hybridized carbons (Fsp3) is 0.700. The van der Waals surface area contributed by atoms with Crippen molar-refractivity contribution in [2.75, 3.05) is 13.7 Å². The number of Topliss-reactive ketones (excluding diaryl/α,β-unsaturated/α-hetero) is 1. The first kappa shape index (κ1) is 29.9. The molecule has 0 spiro atoms. The summed E-state index contributed by atoms with van der Waals surface area (Å²) >= 11 is 0. The van der Waals surface area contributed by atoms with Gasteiger partial charge < -0.3 is 14.3 Å². The Morgan fingerprint density at radius 1 is 1.10 bits per heavy atom. The van der Waals surface area contributed by atoms with Crippen molar-refractivity contribution in [3.63, 3.8) is 0 Å². The zero-order valence-corrected chi connectivity index (χ0v) is 24.7. The van der Waals surface area contributed by atoms with Crippen LogP contribution < -0.4 is 0 Å². The van der Waals surface area contributed by atoms with Gasteiger partial charge in [-0.25, -0.2) is 4.79 Å². The molecular weight excluding hydrogens is 520 g/mol. The van der Waals surface area contributed by atoms with E-state index in [1.54, 1.807) is 26.2 Å². The van der Waals surface area contributed by atoms with E-state index in [2.05, 4.69) is 13.8 Å². The summed E-state index contributed by atoms with van der Waals surface area (Å²) in [6.07, 6.45) is 3.69. The van der Waals surface area contributed by atoms with Gasteiger partial charge in [-0.15, -0.1) is 0 Å². The molecular formula is C30H42O8S. The molecule has 3 fully saturated rings. The molecule has 9 heteroatoms. The van der Waals surface area contributed by atoms with Gasteiger partial charge in [0.05, 0.1) is 16.4 Å². The zero-order valence-electron chi connectivity index (χ0n) is 23.9.